The Kier molecular flexibility index (Phi) is 4.34. The second-order valence-corrected chi connectivity index (χ2v) is 6.25. The molecule has 2 aromatic carbocycles. The molecular weight excluding hydrogens is 340 g/mol. The molecule has 1 aliphatic heterocycles. The van der Waals surface area contributed by atoms with Crippen LogP contribution in [-0.4, -0.2) is 32.9 Å². The first-order chi connectivity index (χ1) is 12.6. The van der Waals surface area contributed by atoms with Crippen LogP contribution in [0, 0.1) is 18.6 Å². The minimum absolute atomic E-state index is 0.157. The van der Waals surface area contributed by atoms with Crippen LogP contribution in [0.5, 0.6) is 0 Å². The van der Waals surface area contributed by atoms with Crippen LogP contribution in [0.1, 0.15) is 23.7 Å². The topological polar surface area (TPSA) is 64.9 Å². The summed E-state index contributed by atoms with van der Waals surface area (Å²) >= 11 is 0. The van der Waals surface area contributed by atoms with E-state index in [2.05, 4.69) is 20.8 Å². The van der Waals surface area contributed by atoms with Crippen molar-refractivity contribution in [3.05, 3.63) is 65.2 Å². The molecule has 1 fully saturated rings. The smallest absolute Gasteiger partial charge is 0.248 e. The van der Waals surface area contributed by atoms with Gasteiger partial charge in [-0.15, -0.1) is 0 Å². The lowest BCUT2D eigenvalue weighted by atomic mass is 10.0. The third-order valence-electron chi connectivity index (χ3n) is 4.43. The summed E-state index contributed by atoms with van der Waals surface area (Å²) in [6.45, 7) is 2.51. The first-order valence-corrected chi connectivity index (χ1v) is 8.30. The molecule has 134 valence electrons. The molecule has 1 aliphatic rings. The number of nitrogens with zero attached hydrogens (tertiary/aromatic N) is 4. The molecule has 0 amide bonds. The summed E-state index contributed by atoms with van der Waals surface area (Å²) in [6.07, 6.45) is 0.290. The van der Waals surface area contributed by atoms with Gasteiger partial charge in [0.2, 0.25) is 5.95 Å². The molecule has 0 aliphatic carbocycles. The normalized spacial score (nSPS) is 19.7. The largest absolute Gasteiger partial charge is 0.371 e. The van der Waals surface area contributed by atoms with Crippen LogP contribution in [0.4, 0.5) is 14.7 Å². The van der Waals surface area contributed by atoms with Gasteiger partial charge < -0.3 is 10.1 Å². The van der Waals surface area contributed by atoms with Gasteiger partial charge in [-0.1, -0.05) is 28.9 Å². The van der Waals surface area contributed by atoms with E-state index in [1.54, 1.807) is 4.68 Å². The molecule has 8 heteroatoms. The first kappa shape index (κ1) is 16.6. The SMILES string of the molecule is Cc1ccc(-n2nnnc2NC2CCOC2c2ccc(F)c(F)c2)cc1. The van der Waals surface area contributed by atoms with Gasteiger partial charge in [0, 0.05) is 6.61 Å². The number of halogens is 2. The number of hydrogen-bond acceptors (Lipinski definition) is 5. The fourth-order valence-corrected chi connectivity index (χ4v) is 3.06. The number of ether oxygens (including phenoxy) is 1. The average Bonchev–Trinajstić information content (AvgIpc) is 3.28. The summed E-state index contributed by atoms with van der Waals surface area (Å²) in [4.78, 5) is 0. The zero-order chi connectivity index (χ0) is 18.1. The lowest BCUT2D eigenvalue weighted by Gasteiger charge is -2.20. The van der Waals surface area contributed by atoms with E-state index >= 15 is 0 Å². The molecule has 2 unspecified atom stereocenters. The van der Waals surface area contributed by atoms with Gasteiger partial charge in [-0.3, -0.25) is 0 Å². The fraction of sp³-hybridized carbons (Fsp3) is 0.278. The summed E-state index contributed by atoms with van der Waals surface area (Å²) in [5.74, 6) is -1.29. The van der Waals surface area contributed by atoms with E-state index < -0.39 is 17.7 Å². The zero-order valence-electron chi connectivity index (χ0n) is 14.1. The number of aromatic nitrogens is 4. The van der Waals surface area contributed by atoms with Crippen molar-refractivity contribution in [3.63, 3.8) is 0 Å². The molecule has 1 aromatic heterocycles. The summed E-state index contributed by atoms with van der Waals surface area (Å²) in [6, 6.07) is 11.5. The predicted molar refractivity (Wildman–Crippen MR) is 91.0 cm³/mol. The third kappa shape index (κ3) is 3.15. The van der Waals surface area contributed by atoms with Crippen LogP contribution in [0.25, 0.3) is 5.69 Å². The zero-order valence-corrected chi connectivity index (χ0v) is 14.1. The first-order valence-electron chi connectivity index (χ1n) is 8.30. The van der Waals surface area contributed by atoms with Crippen molar-refractivity contribution in [1.29, 1.82) is 0 Å². The van der Waals surface area contributed by atoms with Gasteiger partial charge in [0.15, 0.2) is 11.6 Å². The number of aryl methyl sites for hydroxylation is 1. The standard InChI is InChI=1S/C18H17F2N5O/c1-11-2-5-13(6-3-11)25-18(22-23-24-25)21-16-8-9-26-17(16)12-4-7-14(19)15(20)10-12/h2-7,10,16-17H,8-9H2,1H3,(H,21,22,24). The predicted octanol–water partition coefficient (Wildman–Crippen LogP) is 3.19. The van der Waals surface area contributed by atoms with E-state index in [0.717, 1.165) is 17.3 Å². The van der Waals surface area contributed by atoms with Gasteiger partial charge in [-0.2, -0.15) is 4.68 Å². The van der Waals surface area contributed by atoms with E-state index in [1.165, 1.54) is 12.1 Å². The highest BCUT2D eigenvalue weighted by molar-refractivity contribution is 5.41. The van der Waals surface area contributed by atoms with Crippen molar-refractivity contribution < 1.29 is 13.5 Å². The molecule has 0 spiro atoms. The van der Waals surface area contributed by atoms with Crippen LogP contribution < -0.4 is 5.32 Å². The summed E-state index contributed by atoms with van der Waals surface area (Å²) in [5, 5.41) is 15.1. The minimum Gasteiger partial charge on any atom is -0.371 e. The molecule has 0 saturated carbocycles. The Balaban J connectivity index is 1.58. The van der Waals surface area contributed by atoms with E-state index in [-0.39, 0.29) is 6.04 Å². The van der Waals surface area contributed by atoms with Gasteiger partial charge in [-0.05, 0) is 53.6 Å². The summed E-state index contributed by atoms with van der Waals surface area (Å²) < 4.78 is 34.1. The molecule has 1 saturated heterocycles. The molecule has 2 heterocycles. The lowest BCUT2D eigenvalue weighted by Crippen LogP contribution is -2.25. The van der Waals surface area contributed by atoms with Crippen LogP contribution in [0.2, 0.25) is 0 Å². The summed E-state index contributed by atoms with van der Waals surface area (Å²) in [5.41, 5.74) is 2.54. The number of benzene rings is 2. The number of nitrogens with one attached hydrogen (secondary N) is 1. The molecule has 0 bridgehead atoms. The number of hydrogen-bond donors (Lipinski definition) is 1. The Labute approximate surface area is 148 Å². The summed E-state index contributed by atoms with van der Waals surface area (Å²) in [7, 11) is 0. The van der Waals surface area contributed by atoms with Crippen LogP contribution in [0.15, 0.2) is 42.5 Å². The van der Waals surface area contributed by atoms with Crippen molar-refractivity contribution in [1.82, 2.24) is 20.2 Å². The number of anilines is 1. The van der Waals surface area contributed by atoms with Crippen LogP contribution >= 0.6 is 0 Å². The second kappa shape index (κ2) is 6.80. The van der Waals surface area contributed by atoms with Crippen molar-refractivity contribution in [2.45, 2.75) is 25.5 Å². The molecule has 4 rings (SSSR count). The molecule has 26 heavy (non-hydrogen) atoms. The average molecular weight is 357 g/mol. The Hall–Kier alpha value is -2.87. The van der Waals surface area contributed by atoms with Crippen molar-refractivity contribution in [2.75, 3.05) is 11.9 Å². The molecule has 3 aromatic rings. The maximum atomic E-state index is 13.6. The Morgan fingerprint density at radius 3 is 2.69 bits per heavy atom. The molecule has 6 nitrogen and oxygen atoms in total. The Morgan fingerprint density at radius 1 is 1.12 bits per heavy atom. The maximum absolute atomic E-state index is 13.6. The highest BCUT2D eigenvalue weighted by atomic mass is 19.2. The molecular formula is C18H17F2N5O. The van der Waals surface area contributed by atoms with Gasteiger partial charge in [0.05, 0.1) is 11.7 Å². The van der Waals surface area contributed by atoms with Gasteiger partial charge >= 0.3 is 0 Å². The lowest BCUT2D eigenvalue weighted by molar-refractivity contribution is 0.107. The third-order valence-corrected chi connectivity index (χ3v) is 4.43. The molecule has 2 atom stereocenters. The van der Waals surface area contributed by atoms with Gasteiger partial charge in [0.1, 0.15) is 6.10 Å². The maximum Gasteiger partial charge on any atom is 0.248 e. The Bertz CT molecular complexity index is 912. The molecule has 0 radical (unpaired) electrons. The Morgan fingerprint density at radius 2 is 1.92 bits per heavy atom. The van der Waals surface area contributed by atoms with Gasteiger partial charge in [0.25, 0.3) is 0 Å². The number of tetrazole rings is 1. The highest BCUT2D eigenvalue weighted by Crippen LogP contribution is 2.32. The van der Waals surface area contributed by atoms with Crippen molar-refractivity contribution in [2.24, 2.45) is 0 Å². The second-order valence-electron chi connectivity index (χ2n) is 6.25. The minimum atomic E-state index is -0.888. The van der Waals surface area contributed by atoms with Crippen molar-refractivity contribution >= 4 is 5.95 Å². The van der Waals surface area contributed by atoms with Crippen LogP contribution in [0.3, 0.4) is 0 Å². The monoisotopic (exact) mass is 357 g/mol. The number of rotatable bonds is 4. The van der Waals surface area contributed by atoms with Crippen molar-refractivity contribution in [3.8, 4) is 5.69 Å². The van der Waals surface area contributed by atoms with E-state index in [0.29, 0.717) is 24.5 Å². The fourth-order valence-electron chi connectivity index (χ4n) is 3.06. The molecule has 1 N–H and O–H groups in total. The van der Waals surface area contributed by atoms with Crippen LogP contribution in [-0.2, 0) is 4.74 Å². The van der Waals surface area contributed by atoms with E-state index in [1.807, 2.05) is 31.2 Å². The quantitative estimate of drug-likeness (QED) is 0.777. The van der Waals surface area contributed by atoms with E-state index in [4.69, 9.17) is 4.74 Å². The van der Waals surface area contributed by atoms with Gasteiger partial charge in [-0.25, -0.2) is 8.78 Å². The van der Waals surface area contributed by atoms with E-state index in [9.17, 15) is 8.78 Å². The highest BCUT2D eigenvalue weighted by Gasteiger charge is 2.31.